The van der Waals surface area contributed by atoms with Crippen LogP contribution >= 0.6 is 0 Å². The number of nitriles is 6. The van der Waals surface area contributed by atoms with Crippen LogP contribution in [0.15, 0.2) is 71.1 Å². The molecule has 0 atom stereocenters. The van der Waals surface area contributed by atoms with Crippen molar-refractivity contribution in [1.82, 2.24) is 0 Å². The molecule has 1 aliphatic carbocycles. The van der Waals surface area contributed by atoms with Crippen LogP contribution in [0.1, 0.15) is 51.3 Å². The van der Waals surface area contributed by atoms with Gasteiger partial charge >= 0.3 is 0 Å². The van der Waals surface area contributed by atoms with E-state index in [4.69, 9.17) is 32.1 Å². The van der Waals surface area contributed by atoms with E-state index < -0.39 is 138 Å². The fourth-order valence-electron chi connectivity index (χ4n) is 3.72. The van der Waals surface area contributed by atoms with E-state index in [1.807, 2.05) is 0 Å². The van der Waals surface area contributed by atoms with Crippen LogP contribution < -0.4 is 0 Å². The summed E-state index contributed by atoms with van der Waals surface area (Å²) in [5, 5.41) is 59.7. The Kier molecular flexibility index (Phi) is 4.79. The Morgan fingerprint density at radius 2 is 0.905 bits per heavy atom. The first-order chi connectivity index (χ1) is 24.2. The van der Waals surface area contributed by atoms with Crippen molar-refractivity contribution >= 4 is 28.2 Å². The fourth-order valence-corrected chi connectivity index (χ4v) is 3.72. The lowest BCUT2D eigenvalue weighted by molar-refractivity contribution is 1.43. The van der Waals surface area contributed by atoms with Crippen LogP contribution in [0.5, 0.6) is 0 Å². The fraction of sp³-hybridized carbons (Fsp3) is 0. The lowest BCUT2D eigenvalue weighted by Gasteiger charge is -2.02. The summed E-state index contributed by atoms with van der Waals surface area (Å²) in [5.41, 5.74) is -10.3. The van der Waals surface area contributed by atoms with E-state index in [1.54, 1.807) is 36.4 Å². The average molecular weight is 541 g/mol. The first-order valence-corrected chi connectivity index (χ1v) is 10.9. The van der Waals surface area contributed by atoms with E-state index in [0.717, 1.165) is 0 Å². The van der Waals surface area contributed by atoms with Gasteiger partial charge in [0.25, 0.3) is 0 Å². The van der Waals surface area contributed by atoms with E-state index in [2.05, 4.69) is 14.5 Å². The van der Waals surface area contributed by atoms with Crippen LogP contribution in [-0.2, 0) is 0 Å². The van der Waals surface area contributed by atoms with Crippen LogP contribution in [0.2, 0.25) is 0 Å². The molecule has 0 unspecified atom stereocenters. The van der Waals surface area contributed by atoms with E-state index in [0.29, 0.717) is 0 Å². The van der Waals surface area contributed by atoms with Gasteiger partial charge in [-0.05, 0) is 75.7 Å². The zero-order valence-corrected chi connectivity index (χ0v) is 20.5. The maximum Gasteiger partial charge on any atom is 0.201 e. The second-order valence-electron chi connectivity index (χ2n) is 7.68. The molecule has 3 aromatic carbocycles. The second kappa shape index (κ2) is 11.4. The van der Waals surface area contributed by atoms with Gasteiger partial charge in [-0.2, -0.15) is 31.6 Å². The summed E-state index contributed by atoms with van der Waals surface area (Å²) in [4.78, 5) is 9.54. The molecule has 0 aromatic heterocycles. The molecule has 3 aromatic rings. The minimum absolute atomic E-state index is 0.498. The van der Waals surface area contributed by atoms with Gasteiger partial charge in [0.1, 0.15) is 12.1 Å². The normalized spacial score (nSPS) is 17.4. The molecule has 0 spiro atoms. The Hall–Kier alpha value is -7.71. The minimum atomic E-state index is -0.880. The zero-order chi connectivity index (χ0) is 38.2. The highest BCUT2D eigenvalue weighted by molar-refractivity contribution is 6.11. The lowest BCUT2D eigenvalue weighted by Crippen LogP contribution is -1.88. The van der Waals surface area contributed by atoms with Crippen LogP contribution in [0, 0.1) is 87.7 Å². The third-order valence-electron chi connectivity index (χ3n) is 5.39. The van der Waals surface area contributed by atoms with Crippen LogP contribution in [0.4, 0.5) is 11.4 Å². The van der Waals surface area contributed by atoms with E-state index in [-0.39, 0.29) is 0 Å². The number of hydrogen-bond acceptors (Lipinski definition) is 6. The molecule has 0 heterocycles. The Bertz CT molecular complexity index is 2300. The van der Waals surface area contributed by atoms with Crippen molar-refractivity contribution in [2.75, 3.05) is 0 Å². The van der Waals surface area contributed by atoms with Crippen molar-refractivity contribution in [1.29, 1.82) is 31.6 Å². The first kappa shape index (κ1) is 17.7. The van der Waals surface area contributed by atoms with Crippen molar-refractivity contribution in [3.8, 4) is 36.4 Å². The molecular weight excluding hydrogens is 522 g/mol. The van der Waals surface area contributed by atoms with Crippen molar-refractivity contribution in [3.05, 3.63) is 144 Å². The second-order valence-corrected chi connectivity index (χ2v) is 7.68. The summed E-state index contributed by atoms with van der Waals surface area (Å²) < 4.78 is 76.0. The van der Waals surface area contributed by atoms with Gasteiger partial charge in [-0.3, -0.25) is 0 Å². The predicted octanol–water partition coefficient (Wildman–Crippen LogP) is 6.87. The molecule has 0 N–H and O–H groups in total. The van der Waals surface area contributed by atoms with Gasteiger partial charge in [0.15, 0.2) is 11.4 Å². The topological polar surface area (TPSA) is 156 Å². The van der Waals surface area contributed by atoms with Crippen molar-refractivity contribution < 1.29 is 12.3 Å². The van der Waals surface area contributed by atoms with E-state index in [1.165, 1.54) is 0 Å². The standard InChI is InChI=1S/C33H9N9/c1-40-26-9-21(15-36)7-24(11-26)29(18-39)31-30(28(17-38)23-5-19(13-34)4-20(6-23)14-35)32(31)33(42-3)25-8-22(16-37)10-27(12-25)41-2/h4-12H/b30-28+,31-29-,33-32-/i4D,5D,6D,7D,8D,9D,10D,11D,12D. The van der Waals surface area contributed by atoms with Gasteiger partial charge in [0.05, 0.1) is 75.9 Å². The lowest BCUT2D eigenvalue weighted by atomic mass is 9.99. The highest BCUT2D eigenvalue weighted by Crippen LogP contribution is 2.56. The number of benzene rings is 3. The Morgan fingerprint density at radius 1 is 0.524 bits per heavy atom. The maximum absolute atomic E-state index is 10.5. The molecule has 9 heteroatoms. The summed E-state index contributed by atoms with van der Waals surface area (Å²) in [6.07, 6.45) is 0. The molecule has 1 fully saturated rings. The zero-order valence-electron chi connectivity index (χ0n) is 29.5. The van der Waals surface area contributed by atoms with Gasteiger partial charge in [0, 0.05) is 13.9 Å². The van der Waals surface area contributed by atoms with E-state index in [9.17, 15) is 31.6 Å². The molecular formula is C33H9N9. The molecule has 1 aliphatic rings. The molecule has 0 bridgehead atoms. The largest absolute Gasteiger partial charge is 0.238 e. The van der Waals surface area contributed by atoms with Crippen LogP contribution in [-0.4, -0.2) is 0 Å². The van der Waals surface area contributed by atoms with Gasteiger partial charge in [-0.1, -0.05) is 12.1 Å². The molecule has 0 radical (unpaired) electrons. The maximum atomic E-state index is 10.5. The van der Waals surface area contributed by atoms with Crippen molar-refractivity contribution in [2.24, 2.45) is 0 Å². The molecule has 4 rings (SSSR count). The molecule has 9 nitrogen and oxygen atoms in total. The number of allylic oxidation sites excluding steroid dienone is 5. The average Bonchev–Trinajstić information content (AvgIpc) is 3.81. The quantitative estimate of drug-likeness (QED) is 0.260. The van der Waals surface area contributed by atoms with E-state index >= 15 is 0 Å². The highest BCUT2D eigenvalue weighted by atomic mass is 14.7. The summed E-state index contributed by atoms with van der Waals surface area (Å²) in [6, 6.07) is 2.02. The van der Waals surface area contributed by atoms with Gasteiger partial charge in [0.2, 0.25) is 5.70 Å². The predicted molar refractivity (Wildman–Crippen MR) is 149 cm³/mol. The SMILES string of the molecule is [2H]c1c(C#N)c([2H])c(/C(C#N)=C2/C(=C(/[N+]#[C-])c3c([2H])c(C#N)c([2H])c([N+]#[C-])c3[2H])/C2=C(/C#N)c2c([2H])c(C#N)c([2H])c([N+]#[C-])c2[2H])c([2H])c1C#N. The van der Waals surface area contributed by atoms with Gasteiger partial charge in [-0.25, -0.2) is 14.5 Å². The van der Waals surface area contributed by atoms with Crippen LogP contribution in [0.25, 0.3) is 31.4 Å². The Balaban J connectivity index is 2.46. The number of rotatable bonds is 3. The smallest absolute Gasteiger partial charge is 0.201 e. The Labute approximate surface area is 253 Å². The third kappa shape index (κ3) is 4.90. The van der Waals surface area contributed by atoms with Crippen LogP contribution in [0.3, 0.4) is 0 Å². The molecule has 0 saturated heterocycles. The van der Waals surface area contributed by atoms with Crippen molar-refractivity contribution in [3.63, 3.8) is 0 Å². The number of hydrogen-bond donors (Lipinski definition) is 0. The van der Waals surface area contributed by atoms with Gasteiger partial charge < -0.3 is 0 Å². The summed E-state index contributed by atoms with van der Waals surface area (Å²) in [5.74, 6) is 0. The molecule has 0 aliphatic heterocycles. The first-order valence-electron chi connectivity index (χ1n) is 15.4. The molecule has 42 heavy (non-hydrogen) atoms. The molecule has 0 amide bonds. The molecule has 1 saturated carbocycles. The highest BCUT2D eigenvalue weighted by Gasteiger charge is 2.41. The summed E-state index contributed by atoms with van der Waals surface area (Å²) >= 11 is 0. The van der Waals surface area contributed by atoms with Gasteiger partial charge in [-0.15, -0.1) is 0 Å². The Morgan fingerprint density at radius 3 is 1.29 bits per heavy atom. The van der Waals surface area contributed by atoms with Crippen molar-refractivity contribution in [2.45, 2.75) is 0 Å². The monoisotopic (exact) mass is 540 g/mol. The third-order valence-corrected chi connectivity index (χ3v) is 5.39. The number of nitrogens with zero attached hydrogens (tertiary/aromatic N) is 9. The minimum Gasteiger partial charge on any atom is -0.238 e. The molecule has 186 valence electrons. The summed E-state index contributed by atoms with van der Waals surface area (Å²) in [6.45, 7) is 23.0. The summed E-state index contributed by atoms with van der Waals surface area (Å²) in [7, 11) is 0.